The van der Waals surface area contributed by atoms with Crippen molar-refractivity contribution in [1.82, 2.24) is 0 Å². The molecule has 0 saturated heterocycles. The van der Waals surface area contributed by atoms with Gasteiger partial charge in [0.25, 0.3) is 11.4 Å². The Kier molecular flexibility index (Phi) is 22.9. The third kappa shape index (κ3) is 12.5. The molecule has 0 radical (unpaired) electrons. The van der Waals surface area contributed by atoms with Gasteiger partial charge >= 0.3 is 19.5 Å². The fourth-order valence-electron chi connectivity index (χ4n) is 2.46. The van der Waals surface area contributed by atoms with E-state index in [1.165, 1.54) is 0 Å². The predicted molar refractivity (Wildman–Crippen MR) is 139 cm³/mol. The van der Waals surface area contributed by atoms with Crippen LogP contribution in [0.5, 0.6) is 11.5 Å². The number of aliphatic hydroxyl groups is 6. The molecule has 19 nitrogen and oxygen atoms in total. The Morgan fingerprint density at radius 3 is 1.10 bits per heavy atom. The minimum absolute atomic E-state index is 0. The van der Waals surface area contributed by atoms with E-state index in [1.807, 2.05) is 0 Å². The molecule has 2 aromatic rings. The average Bonchev–Trinajstić information content (AvgIpc) is 2.92. The van der Waals surface area contributed by atoms with Crippen molar-refractivity contribution in [1.29, 1.82) is 0 Å². The zero-order valence-corrected chi connectivity index (χ0v) is 25.0. The summed E-state index contributed by atoms with van der Waals surface area (Å²) in [6.45, 7) is -3.75. The Morgan fingerprint density at radius 1 is 0.619 bits per heavy atom. The molecule has 0 aliphatic carbocycles. The monoisotopic (exact) mass is 656 g/mol. The van der Waals surface area contributed by atoms with Crippen molar-refractivity contribution >= 4 is 23.8 Å². The molecule has 0 unspecified atom stereocenters. The summed E-state index contributed by atoms with van der Waals surface area (Å²) >= 11 is 0. The number of non-ortho nitro benzene ring substituents is 2. The van der Waals surface area contributed by atoms with E-state index in [4.69, 9.17) is 30.6 Å². The van der Waals surface area contributed by atoms with E-state index >= 15 is 0 Å². The van der Waals surface area contributed by atoms with Crippen LogP contribution < -0.4 is 10.2 Å². The Bertz CT molecular complexity index is 1050. The maximum absolute atomic E-state index is 11.5. The summed E-state index contributed by atoms with van der Waals surface area (Å²) < 4.78 is 0. The van der Waals surface area contributed by atoms with Crippen LogP contribution >= 0.6 is 0 Å². The number of rotatable bonds is 12. The van der Waals surface area contributed by atoms with E-state index in [0.29, 0.717) is 0 Å². The van der Waals surface area contributed by atoms with Gasteiger partial charge in [0, 0.05) is 36.7 Å². The summed E-state index contributed by atoms with van der Waals surface area (Å²) in [6, 6.07) is 6.25. The first-order chi connectivity index (χ1) is 18.0. The molecule has 0 fully saturated rings. The van der Waals surface area contributed by atoms with Crippen LogP contribution in [0.1, 0.15) is 11.1 Å². The van der Waals surface area contributed by atoms with Gasteiger partial charge in [0.15, 0.2) is 0 Å². The molecule has 0 amide bonds. The molecule has 0 spiro atoms. The van der Waals surface area contributed by atoms with Crippen LogP contribution in [0, 0.1) is 20.2 Å². The van der Waals surface area contributed by atoms with Crippen LogP contribution in [0.25, 0.3) is 0 Å². The Morgan fingerprint density at radius 2 is 0.881 bits per heavy atom. The van der Waals surface area contributed by atoms with E-state index < -0.39 is 72.1 Å². The van der Waals surface area contributed by atoms with Gasteiger partial charge in [0.05, 0.1) is 49.5 Å². The minimum Gasteiger partial charge on any atom is -0.872 e. The Balaban J connectivity index is -0.000000314. The second-order valence-electron chi connectivity index (χ2n) is 7.87. The summed E-state index contributed by atoms with van der Waals surface area (Å²) in [5, 5.41) is 98.4. The minimum atomic E-state index is -1.52. The molecule has 0 atom stereocenters. The quantitative estimate of drug-likeness (QED) is 0.0541. The summed E-state index contributed by atoms with van der Waals surface area (Å²) in [5.74, 6) is -0.978. The Hall–Kier alpha value is -3.56. The second kappa shape index (κ2) is 21.2. The third-order valence-corrected chi connectivity index (χ3v) is 5.13. The molecular formula is C22H32N4O15Zn. The SMILES string of the molecule is O.O.O.O=[N+]([O-])c1ccc([O-])c(C=NC(CO)(CO)CO)c1.O=[N+]([O-])c1ccc([O-])c(C=NC(CO)(CO)CO)c1.[Zn+2]. The number of hydrogen-bond donors (Lipinski definition) is 6. The van der Waals surface area contributed by atoms with Gasteiger partial charge in [-0.25, -0.2) is 0 Å². The second-order valence-corrected chi connectivity index (χ2v) is 7.87. The third-order valence-electron chi connectivity index (χ3n) is 5.13. The first-order valence-corrected chi connectivity index (χ1v) is 10.6. The van der Waals surface area contributed by atoms with Crippen LogP contribution in [0.4, 0.5) is 11.4 Å². The zero-order valence-electron chi connectivity index (χ0n) is 22.0. The van der Waals surface area contributed by atoms with E-state index in [1.54, 1.807) is 0 Å². The van der Waals surface area contributed by atoms with Gasteiger partial charge in [-0.1, -0.05) is 23.6 Å². The number of nitrogens with zero attached hydrogens (tertiary/aromatic N) is 4. The number of benzene rings is 2. The van der Waals surface area contributed by atoms with Gasteiger partial charge in [0.2, 0.25) is 0 Å². The fourth-order valence-corrected chi connectivity index (χ4v) is 2.46. The van der Waals surface area contributed by atoms with Gasteiger partial charge < -0.3 is 57.3 Å². The number of aliphatic hydroxyl groups excluding tert-OH is 6. The molecule has 12 N–H and O–H groups in total. The Labute approximate surface area is 250 Å². The molecule has 0 saturated carbocycles. The van der Waals surface area contributed by atoms with Crippen molar-refractivity contribution in [2.75, 3.05) is 39.6 Å². The van der Waals surface area contributed by atoms with Crippen LogP contribution in [0.2, 0.25) is 0 Å². The van der Waals surface area contributed by atoms with Gasteiger partial charge in [0.1, 0.15) is 11.1 Å². The average molecular weight is 658 g/mol. The summed E-state index contributed by atoms with van der Waals surface area (Å²) in [7, 11) is 0. The molecule has 0 aliphatic rings. The molecule has 20 heteroatoms. The molecule has 0 bridgehead atoms. The maximum Gasteiger partial charge on any atom is 2.00 e. The van der Waals surface area contributed by atoms with Crippen molar-refractivity contribution in [3.63, 3.8) is 0 Å². The molecule has 2 rings (SSSR count). The molecule has 0 aliphatic heterocycles. The predicted octanol–water partition coefficient (Wildman–Crippen LogP) is -4.87. The van der Waals surface area contributed by atoms with E-state index in [9.17, 15) is 30.4 Å². The summed E-state index contributed by atoms with van der Waals surface area (Å²) in [4.78, 5) is 27.3. The van der Waals surface area contributed by atoms with Crippen LogP contribution in [0.3, 0.4) is 0 Å². The molecule has 0 aromatic heterocycles. The van der Waals surface area contributed by atoms with E-state index in [0.717, 1.165) is 48.8 Å². The van der Waals surface area contributed by atoms with E-state index in [2.05, 4.69) is 9.98 Å². The molecule has 42 heavy (non-hydrogen) atoms. The number of nitro benzene ring substituents is 2. The molecular weight excluding hydrogens is 626 g/mol. The van der Waals surface area contributed by atoms with E-state index in [-0.39, 0.29) is 58.4 Å². The van der Waals surface area contributed by atoms with Crippen LogP contribution in [0.15, 0.2) is 46.4 Å². The molecule has 2 aromatic carbocycles. The topological polar surface area (TPSA) is 373 Å². The van der Waals surface area contributed by atoms with Crippen molar-refractivity contribution in [3.8, 4) is 11.5 Å². The van der Waals surface area contributed by atoms with Crippen molar-refractivity contribution in [2.24, 2.45) is 9.98 Å². The van der Waals surface area contributed by atoms with Gasteiger partial charge in [-0.05, 0) is 11.1 Å². The van der Waals surface area contributed by atoms with Crippen molar-refractivity contribution < 1.29 is 86.6 Å². The molecule has 232 valence electrons. The first-order valence-electron chi connectivity index (χ1n) is 10.6. The standard InChI is InChI=1S/2C11H14N2O6.3H2O.Zn/c2*14-5-11(6-15,7-16)12-4-8-3-9(13(18)19)1-2-10(8)17;;;;/h2*1-4,14-17H,5-7H2;3*1H2;/q;;;;;+2/p-2. The number of nitro groups is 2. The number of hydrogen-bond acceptors (Lipinski definition) is 14. The van der Waals surface area contributed by atoms with Gasteiger partial charge in [-0.3, -0.25) is 30.2 Å². The normalized spacial score (nSPS) is 10.8. The van der Waals surface area contributed by atoms with Gasteiger partial charge in [-0.15, -0.1) is 0 Å². The maximum atomic E-state index is 11.5. The fraction of sp³-hybridized carbons (Fsp3) is 0.364. The smallest absolute Gasteiger partial charge is 0.872 e. The van der Waals surface area contributed by atoms with Crippen molar-refractivity contribution in [3.05, 3.63) is 67.8 Å². The van der Waals surface area contributed by atoms with Gasteiger partial charge in [-0.2, -0.15) is 0 Å². The zero-order chi connectivity index (χ0) is 28.9. The molecule has 0 heterocycles. The van der Waals surface area contributed by atoms with Crippen molar-refractivity contribution in [2.45, 2.75) is 11.1 Å². The number of aliphatic imine (C=N–C) groups is 2. The van der Waals surface area contributed by atoms with Crippen LogP contribution in [-0.4, -0.2) is 120 Å². The summed E-state index contributed by atoms with van der Waals surface area (Å²) in [6.07, 6.45) is 2.00. The largest absolute Gasteiger partial charge is 2.00 e. The first kappa shape index (κ1) is 45.4. The summed E-state index contributed by atoms with van der Waals surface area (Å²) in [5.41, 5.74) is -3.70. The van der Waals surface area contributed by atoms with Crippen LogP contribution in [-0.2, 0) is 19.5 Å².